The van der Waals surface area contributed by atoms with Gasteiger partial charge in [0.15, 0.2) is 0 Å². The molecule has 5 rings (SSSR count). The molecule has 7 heteroatoms. The Bertz CT molecular complexity index is 1170. The van der Waals surface area contributed by atoms with Gasteiger partial charge in [-0.3, -0.25) is 14.6 Å². The molecule has 1 atom stereocenters. The minimum absolute atomic E-state index is 0.00788. The van der Waals surface area contributed by atoms with Crippen LogP contribution in [0.25, 0.3) is 0 Å². The van der Waals surface area contributed by atoms with Crippen LogP contribution in [0.15, 0.2) is 55.1 Å². The summed E-state index contributed by atoms with van der Waals surface area (Å²) in [6.07, 6.45) is 8.80. The normalized spacial score (nSPS) is 17.7. The van der Waals surface area contributed by atoms with Crippen molar-refractivity contribution in [2.75, 3.05) is 19.6 Å². The summed E-state index contributed by atoms with van der Waals surface area (Å²) in [4.78, 5) is 36.9. The molecule has 2 amide bonds. The molecule has 34 heavy (non-hydrogen) atoms. The zero-order valence-corrected chi connectivity index (χ0v) is 19.6. The Balaban J connectivity index is 1.18. The van der Waals surface area contributed by atoms with Crippen LogP contribution >= 0.6 is 0 Å². The van der Waals surface area contributed by atoms with Gasteiger partial charge in [-0.05, 0) is 55.9 Å². The standard InChI is InChI=1S/C27H31N5O2/c1-19-7-8-23(26(33)29-11-4-13-31-16-12-28-18-31)25(30-19)20-9-14-32(15-10-20)27(34)24-17-21-5-2-3-6-22(21)24/h2-3,5-8,12,16,18,20,24H,4,9-11,13-15,17H2,1H3,(H,29,33). The average molecular weight is 458 g/mol. The molecule has 1 N–H and O–H groups in total. The highest BCUT2D eigenvalue weighted by molar-refractivity contribution is 5.95. The van der Waals surface area contributed by atoms with Gasteiger partial charge in [0.1, 0.15) is 0 Å². The Morgan fingerprint density at radius 3 is 2.71 bits per heavy atom. The van der Waals surface area contributed by atoms with E-state index in [1.165, 1.54) is 11.1 Å². The molecule has 0 radical (unpaired) electrons. The molecule has 1 unspecified atom stereocenters. The highest BCUT2D eigenvalue weighted by Gasteiger charge is 2.36. The summed E-state index contributed by atoms with van der Waals surface area (Å²) in [6.45, 7) is 4.80. The van der Waals surface area contributed by atoms with Crippen LogP contribution < -0.4 is 5.32 Å². The summed E-state index contributed by atoms with van der Waals surface area (Å²) in [7, 11) is 0. The maximum atomic E-state index is 13.1. The monoisotopic (exact) mass is 457 g/mol. The summed E-state index contributed by atoms with van der Waals surface area (Å²) >= 11 is 0. The number of piperidine rings is 1. The van der Waals surface area contributed by atoms with Gasteiger partial charge in [0.25, 0.3) is 5.91 Å². The molecule has 176 valence electrons. The summed E-state index contributed by atoms with van der Waals surface area (Å²) < 4.78 is 2.00. The van der Waals surface area contributed by atoms with Gasteiger partial charge in [-0.1, -0.05) is 24.3 Å². The van der Waals surface area contributed by atoms with Crippen LogP contribution in [0.4, 0.5) is 0 Å². The van der Waals surface area contributed by atoms with Crippen molar-refractivity contribution in [3.63, 3.8) is 0 Å². The van der Waals surface area contributed by atoms with Crippen LogP contribution in [0.1, 0.15) is 64.0 Å². The third-order valence-corrected chi connectivity index (χ3v) is 7.09. The highest BCUT2D eigenvalue weighted by atomic mass is 16.2. The van der Waals surface area contributed by atoms with Gasteiger partial charge in [0.05, 0.1) is 23.5 Å². The van der Waals surface area contributed by atoms with Gasteiger partial charge in [0.2, 0.25) is 5.91 Å². The van der Waals surface area contributed by atoms with Crippen LogP contribution in [-0.2, 0) is 17.8 Å². The zero-order valence-electron chi connectivity index (χ0n) is 19.6. The minimum Gasteiger partial charge on any atom is -0.352 e. The first-order valence-electron chi connectivity index (χ1n) is 12.2. The van der Waals surface area contributed by atoms with Gasteiger partial charge in [0, 0.05) is 50.2 Å². The Kier molecular flexibility index (Phi) is 6.43. The van der Waals surface area contributed by atoms with Gasteiger partial charge < -0.3 is 14.8 Å². The number of likely N-dealkylation sites (tertiary alicyclic amines) is 1. The number of benzene rings is 1. The topological polar surface area (TPSA) is 80.1 Å². The molecule has 1 fully saturated rings. The van der Waals surface area contributed by atoms with Gasteiger partial charge >= 0.3 is 0 Å². The van der Waals surface area contributed by atoms with E-state index in [1.54, 1.807) is 12.5 Å². The quantitative estimate of drug-likeness (QED) is 0.551. The third-order valence-electron chi connectivity index (χ3n) is 7.09. The predicted octanol–water partition coefficient (Wildman–Crippen LogP) is 3.45. The lowest BCUT2D eigenvalue weighted by Gasteiger charge is -2.38. The smallest absolute Gasteiger partial charge is 0.253 e. The van der Waals surface area contributed by atoms with E-state index in [1.807, 2.05) is 46.9 Å². The van der Waals surface area contributed by atoms with E-state index in [0.717, 1.165) is 43.6 Å². The number of aromatic nitrogens is 3. The first-order chi connectivity index (χ1) is 16.6. The number of nitrogens with zero attached hydrogens (tertiary/aromatic N) is 4. The van der Waals surface area contributed by atoms with Crippen molar-refractivity contribution in [3.8, 4) is 0 Å². The average Bonchev–Trinajstić information content (AvgIpc) is 3.36. The van der Waals surface area contributed by atoms with Crippen molar-refractivity contribution >= 4 is 11.8 Å². The fraction of sp³-hybridized carbons (Fsp3) is 0.407. The second-order valence-electron chi connectivity index (χ2n) is 9.35. The number of hydrogen-bond donors (Lipinski definition) is 1. The molecular formula is C27H31N5O2. The first-order valence-corrected chi connectivity index (χ1v) is 12.2. The van der Waals surface area contributed by atoms with Crippen molar-refractivity contribution in [2.24, 2.45) is 0 Å². The molecule has 0 spiro atoms. The maximum Gasteiger partial charge on any atom is 0.253 e. The summed E-state index contributed by atoms with van der Waals surface area (Å²) in [6, 6.07) is 12.0. The van der Waals surface area contributed by atoms with Crippen LogP contribution in [0, 0.1) is 6.92 Å². The first kappa shape index (κ1) is 22.3. The Hall–Kier alpha value is -3.48. The number of nitrogens with one attached hydrogen (secondary N) is 1. The Labute approximate surface area is 200 Å². The molecule has 3 aromatic rings. The molecule has 1 aromatic carbocycles. The van der Waals surface area contributed by atoms with Crippen LogP contribution in [0.3, 0.4) is 0 Å². The largest absolute Gasteiger partial charge is 0.352 e. The van der Waals surface area contributed by atoms with E-state index in [2.05, 4.69) is 22.4 Å². The number of aryl methyl sites for hydroxylation is 2. The number of hydrogen-bond acceptors (Lipinski definition) is 4. The molecule has 1 aliphatic heterocycles. The third kappa shape index (κ3) is 4.60. The number of imidazole rings is 1. The number of fused-ring (bicyclic) bond motifs is 1. The van der Waals surface area contributed by atoms with Crippen LogP contribution in [0.2, 0.25) is 0 Å². The van der Waals surface area contributed by atoms with Crippen molar-refractivity contribution < 1.29 is 9.59 Å². The van der Waals surface area contributed by atoms with Crippen molar-refractivity contribution in [1.29, 1.82) is 0 Å². The number of rotatable bonds is 7. The van der Waals surface area contributed by atoms with Gasteiger partial charge in [-0.15, -0.1) is 0 Å². The maximum absolute atomic E-state index is 13.1. The lowest BCUT2D eigenvalue weighted by Crippen LogP contribution is -2.43. The Morgan fingerprint density at radius 2 is 1.94 bits per heavy atom. The second kappa shape index (κ2) is 9.79. The van der Waals surface area contributed by atoms with Crippen molar-refractivity contribution in [1.82, 2.24) is 24.8 Å². The summed E-state index contributed by atoms with van der Waals surface area (Å²) in [5.41, 5.74) is 4.91. The number of carbonyl (C=O) groups is 2. The van der Waals surface area contributed by atoms with E-state index >= 15 is 0 Å². The molecule has 3 heterocycles. The molecule has 0 bridgehead atoms. The molecule has 1 saturated heterocycles. The Morgan fingerprint density at radius 1 is 1.12 bits per heavy atom. The van der Waals surface area contributed by atoms with E-state index in [0.29, 0.717) is 25.2 Å². The van der Waals surface area contributed by atoms with Crippen molar-refractivity contribution in [2.45, 2.75) is 51.0 Å². The second-order valence-corrected chi connectivity index (χ2v) is 9.35. The van der Waals surface area contributed by atoms with Crippen molar-refractivity contribution in [3.05, 3.63) is 83.2 Å². The molecule has 2 aliphatic rings. The van der Waals surface area contributed by atoms with Gasteiger partial charge in [-0.2, -0.15) is 0 Å². The molecular weight excluding hydrogens is 426 g/mol. The van der Waals surface area contributed by atoms with Gasteiger partial charge in [-0.25, -0.2) is 4.98 Å². The fourth-order valence-electron chi connectivity index (χ4n) is 5.13. The molecule has 0 saturated carbocycles. The SMILES string of the molecule is Cc1ccc(C(=O)NCCCn2ccnc2)c(C2CCN(C(=O)C3Cc4ccccc43)CC2)n1. The van der Waals surface area contributed by atoms with Crippen LogP contribution in [-0.4, -0.2) is 50.9 Å². The lowest BCUT2D eigenvalue weighted by molar-refractivity contribution is -0.134. The van der Waals surface area contributed by atoms with E-state index < -0.39 is 0 Å². The summed E-state index contributed by atoms with van der Waals surface area (Å²) in [5, 5.41) is 3.05. The highest BCUT2D eigenvalue weighted by Crippen LogP contribution is 2.38. The molecule has 7 nitrogen and oxygen atoms in total. The number of carbonyl (C=O) groups excluding carboxylic acids is 2. The number of pyridine rings is 1. The predicted molar refractivity (Wildman–Crippen MR) is 130 cm³/mol. The van der Waals surface area contributed by atoms with E-state index in [9.17, 15) is 9.59 Å². The lowest BCUT2D eigenvalue weighted by atomic mass is 9.76. The van der Waals surface area contributed by atoms with E-state index in [4.69, 9.17) is 4.98 Å². The fourth-order valence-corrected chi connectivity index (χ4v) is 5.13. The minimum atomic E-state index is -0.0716. The molecule has 1 aliphatic carbocycles. The zero-order chi connectivity index (χ0) is 23.5. The molecule has 2 aromatic heterocycles. The summed E-state index contributed by atoms with van der Waals surface area (Å²) in [5.74, 6) is 0.362. The van der Waals surface area contributed by atoms with Crippen LogP contribution in [0.5, 0.6) is 0 Å². The van der Waals surface area contributed by atoms with E-state index in [-0.39, 0.29) is 23.7 Å². The number of amides is 2.